The minimum absolute atomic E-state index is 0.0525. The summed E-state index contributed by atoms with van der Waals surface area (Å²) in [5.41, 5.74) is -0.228. The van der Waals surface area contributed by atoms with Crippen molar-refractivity contribution in [1.29, 1.82) is 0 Å². The van der Waals surface area contributed by atoms with Gasteiger partial charge in [0.25, 0.3) is 5.95 Å². The molecule has 0 aliphatic carbocycles. The molecule has 6 nitrogen and oxygen atoms in total. The van der Waals surface area contributed by atoms with E-state index in [1.54, 1.807) is 13.8 Å². The van der Waals surface area contributed by atoms with Crippen molar-refractivity contribution in [2.45, 2.75) is 33.2 Å². The monoisotopic (exact) mass is 329 g/mol. The lowest BCUT2D eigenvalue weighted by molar-refractivity contribution is 0.0976. The zero-order valence-electron chi connectivity index (χ0n) is 13.6. The largest absolute Gasteiger partial charge is 0.506 e. The number of aromatic hydroxyl groups is 2. The van der Waals surface area contributed by atoms with E-state index in [4.69, 9.17) is 4.42 Å². The highest BCUT2D eigenvalue weighted by Gasteiger charge is 2.25. The summed E-state index contributed by atoms with van der Waals surface area (Å²) in [5, 5.41) is 20.0. The van der Waals surface area contributed by atoms with Crippen molar-refractivity contribution in [1.82, 2.24) is 0 Å². The molecule has 0 bridgehead atoms. The van der Waals surface area contributed by atoms with Crippen LogP contribution in [0.4, 0.5) is 0 Å². The van der Waals surface area contributed by atoms with Gasteiger partial charge in [-0.05, 0) is 12.0 Å². The summed E-state index contributed by atoms with van der Waals surface area (Å²) < 4.78 is 4.72. The molecule has 0 radical (unpaired) electrons. The highest BCUT2D eigenvalue weighted by Crippen LogP contribution is 2.30. The molecule has 126 valence electrons. The molecule has 0 amide bonds. The smallest absolute Gasteiger partial charge is 0.351 e. The van der Waals surface area contributed by atoms with E-state index < -0.39 is 23.1 Å². The van der Waals surface area contributed by atoms with Crippen molar-refractivity contribution in [2.24, 2.45) is 4.99 Å². The van der Waals surface area contributed by atoms with Crippen molar-refractivity contribution in [3.05, 3.63) is 57.4 Å². The molecule has 0 spiro atoms. The van der Waals surface area contributed by atoms with Crippen LogP contribution >= 0.6 is 0 Å². The van der Waals surface area contributed by atoms with Gasteiger partial charge in [-0.1, -0.05) is 44.2 Å². The first kappa shape index (κ1) is 17.5. The minimum Gasteiger partial charge on any atom is -0.506 e. The minimum atomic E-state index is -0.925. The van der Waals surface area contributed by atoms with Crippen LogP contribution in [0.1, 0.15) is 48.2 Å². The Labute approximate surface area is 139 Å². The van der Waals surface area contributed by atoms with Crippen molar-refractivity contribution in [3.63, 3.8) is 0 Å². The Kier molecular flexibility index (Phi) is 5.52. The molecule has 2 aromatic rings. The van der Waals surface area contributed by atoms with Crippen LogP contribution in [0.5, 0.6) is 11.7 Å². The van der Waals surface area contributed by atoms with E-state index in [1.807, 2.05) is 30.3 Å². The summed E-state index contributed by atoms with van der Waals surface area (Å²) in [4.78, 5) is 28.3. The number of aliphatic imine (C=N–C) groups is 1. The molecule has 6 heteroatoms. The summed E-state index contributed by atoms with van der Waals surface area (Å²) >= 11 is 0. The van der Waals surface area contributed by atoms with Gasteiger partial charge in [0.2, 0.25) is 0 Å². The fraction of sp³-hybridized carbons (Fsp3) is 0.278. The second kappa shape index (κ2) is 7.59. The van der Waals surface area contributed by atoms with Crippen LogP contribution in [0.15, 0.2) is 44.5 Å². The third kappa shape index (κ3) is 3.53. The van der Waals surface area contributed by atoms with Gasteiger partial charge in [0, 0.05) is 6.42 Å². The molecule has 0 unspecified atom stereocenters. The maximum Gasteiger partial charge on any atom is 0.351 e. The summed E-state index contributed by atoms with van der Waals surface area (Å²) in [7, 11) is 0. The molecule has 1 heterocycles. The van der Waals surface area contributed by atoms with E-state index in [2.05, 4.69) is 4.99 Å². The van der Waals surface area contributed by atoms with Crippen LogP contribution in [0.3, 0.4) is 0 Å². The van der Waals surface area contributed by atoms with Gasteiger partial charge in [0.1, 0.15) is 16.9 Å². The van der Waals surface area contributed by atoms with Crippen molar-refractivity contribution < 1.29 is 19.4 Å². The number of hydrogen-bond donors (Lipinski definition) is 2. The first-order valence-corrected chi connectivity index (χ1v) is 7.69. The SMILES string of the molecule is CCC(=O)c1c(O)oc(=O)c(C(CC)=NCc2ccccc2)c1O. The van der Waals surface area contributed by atoms with Gasteiger partial charge in [-0.25, -0.2) is 4.79 Å². The van der Waals surface area contributed by atoms with E-state index in [-0.39, 0.29) is 17.5 Å². The number of Topliss-reactive ketones (excluding diaryl/α,β-unsaturated/α-hetero) is 1. The lowest BCUT2D eigenvalue weighted by atomic mass is 10.0. The molecule has 0 saturated heterocycles. The molecule has 0 aliphatic heterocycles. The van der Waals surface area contributed by atoms with Gasteiger partial charge in [-0.15, -0.1) is 0 Å². The lowest BCUT2D eigenvalue weighted by Gasteiger charge is -2.10. The van der Waals surface area contributed by atoms with Crippen LogP contribution < -0.4 is 5.63 Å². The normalized spacial score (nSPS) is 11.5. The molecule has 0 atom stereocenters. The average Bonchev–Trinajstić information content (AvgIpc) is 2.58. The lowest BCUT2D eigenvalue weighted by Crippen LogP contribution is -2.17. The molecule has 0 saturated carbocycles. The Morgan fingerprint density at radius 1 is 1.08 bits per heavy atom. The van der Waals surface area contributed by atoms with E-state index in [9.17, 15) is 19.8 Å². The van der Waals surface area contributed by atoms with Crippen LogP contribution in [-0.4, -0.2) is 21.7 Å². The van der Waals surface area contributed by atoms with Gasteiger partial charge in [-0.3, -0.25) is 9.79 Å². The number of hydrogen-bond acceptors (Lipinski definition) is 6. The van der Waals surface area contributed by atoms with Crippen LogP contribution in [0, 0.1) is 0 Å². The van der Waals surface area contributed by atoms with Gasteiger partial charge in [-0.2, -0.15) is 0 Å². The topological polar surface area (TPSA) is 100 Å². The summed E-state index contributed by atoms with van der Waals surface area (Å²) in [6, 6.07) is 9.42. The molecule has 2 rings (SSSR count). The number of benzene rings is 1. The first-order chi connectivity index (χ1) is 11.5. The highest BCUT2D eigenvalue weighted by molar-refractivity contribution is 6.07. The molecular formula is C18H19NO5. The zero-order valence-corrected chi connectivity index (χ0v) is 13.6. The predicted molar refractivity (Wildman–Crippen MR) is 89.9 cm³/mol. The summed E-state index contributed by atoms with van der Waals surface area (Å²) in [5.74, 6) is -1.97. The molecule has 2 N–H and O–H groups in total. The molecule has 1 aromatic heterocycles. The number of nitrogens with zero attached hydrogens (tertiary/aromatic N) is 1. The second-order valence-electron chi connectivity index (χ2n) is 5.17. The third-order valence-corrected chi connectivity index (χ3v) is 3.60. The molecule has 0 aliphatic rings. The van der Waals surface area contributed by atoms with Gasteiger partial charge in [0.05, 0.1) is 12.3 Å². The quantitative estimate of drug-likeness (QED) is 0.627. The van der Waals surface area contributed by atoms with E-state index in [0.29, 0.717) is 18.7 Å². The Hall–Kier alpha value is -2.89. The average molecular weight is 329 g/mol. The maximum atomic E-state index is 12.1. The summed E-state index contributed by atoms with van der Waals surface area (Å²) in [6.45, 7) is 3.67. The van der Waals surface area contributed by atoms with Crippen molar-refractivity contribution in [3.8, 4) is 11.7 Å². The van der Waals surface area contributed by atoms with E-state index >= 15 is 0 Å². The number of rotatable bonds is 6. The Morgan fingerprint density at radius 3 is 2.33 bits per heavy atom. The van der Waals surface area contributed by atoms with Crippen LogP contribution in [0.25, 0.3) is 0 Å². The predicted octanol–water partition coefficient (Wildman–Crippen LogP) is 3.04. The molecule has 1 aromatic carbocycles. The van der Waals surface area contributed by atoms with Crippen LogP contribution in [0.2, 0.25) is 0 Å². The first-order valence-electron chi connectivity index (χ1n) is 7.69. The molecule has 0 fully saturated rings. The van der Waals surface area contributed by atoms with Gasteiger partial charge < -0.3 is 14.6 Å². The fourth-order valence-electron chi connectivity index (χ4n) is 2.33. The fourth-order valence-corrected chi connectivity index (χ4v) is 2.33. The van der Waals surface area contributed by atoms with Crippen molar-refractivity contribution >= 4 is 11.5 Å². The third-order valence-electron chi connectivity index (χ3n) is 3.60. The van der Waals surface area contributed by atoms with Gasteiger partial charge >= 0.3 is 5.63 Å². The Bertz CT molecular complexity index is 821. The number of carbonyl (C=O) groups is 1. The second-order valence-corrected chi connectivity index (χ2v) is 5.17. The van der Waals surface area contributed by atoms with Crippen molar-refractivity contribution in [2.75, 3.05) is 0 Å². The maximum absolute atomic E-state index is 12.1. The number of carbonyl (C=O) groups excluding carboxylic acids is 1. The molecule has 24 heavy (non-hydrogen) atoms. The van der Waals surface area contributed by atoms with Gasteiger partial charge in [0.15, 0.2) is 5.78 Å². The Balaban J connectivity index is 2.52. The Morgan fingerprint density at radius 2 is 1.75 bits per heavy atom. The molecular weight excluding hydrogens is 310 g/mol. The number of ketones is 1. The van der Waals surface area contributed by atoms with E-state index in [0.717, 1.165) is 5.56 Å². The van der Waals surface area contributed by atoms with E-state index in [1.165, 1.54) is 0 Å². The summed E-state index contributed by atoms with van der Waals surface area (Å²) in [6.07, 6.45) is 0.409. The zero-order chi connectivity index (χ0) is 17.7. The standard InChI is InChI=1S/C18H19NO5/c1-3-12(19-10-11-8-6-5-7-9-11)14-16(21)15(13(20)4-2)18(23)24-17(14)22/h5-9,21,23H,3-4,10H2,1-2H3. The highest BCUT2D eigenvalue weighted by atomic mass is 16.5. The van der Waals surface area contributed by atoms with Crippen LogP contribution in [-0.2, 0) is 6.54 Å².